The average Bonchev–Trinajstić information content (AvgIpc) is 2.58. The van der Waals surface area contributed by atoms with E-state index in [9.17, 15) is 0 Å². The van der Waals surface area contributed by atoms with E-state index in [-0.39, 0.29) is 0 Å². The van der Waals surface area contributed by atoms with E-state index in [0.717, 1.165) is 50.9 Å². The van der Waals surface area contributed by atoms with E-state index in [4.69, 9.17) is 16.3 Å². The summed E-state index contributed by atoms with van der Waals surface area (Å²) in [5.41, 5.74) is 0.937. The predicted molar refractivity (Wildman–Crippen MR) is 92.5 cm³/mol. The number of benzene rings is 1. The molecule has 7 heteroatoms. The normalized spacial score (nSPS) is 15.3. The first-order valence-electron chi connectivity index (χ1n) is 7.69. The fourth-order valence-corrected chi connectivity index (χ4v) is 2.47. The van der Waals surface area contributed by atoms with Gasteiger partial charge in [0.05, 0.1) is 13.2 Å². The Hall–Kier alpha value is -1.89. The van der Waals surface area contributed by atoms with Gasteiger partial charge in [-0.1, -0.05) is 11.6 Å². The quantitative estimate of drug-likeness (QED) is 0.847. The summed E-state index contributed by atoms with van der Waals surface area (Å²) in [5.74, 6) is 1.37. The van der Waals surface area contributed by atoms with Crippen LogP contribution in [0.5, 0.6) is 0 Å². The number of morpholine rings is 1. The lowest BCUT2D eigenvalue weighted by Gasteiger charge is -2.26. The first-order valence-corrected chi connectivity index (χ1v) is 8.07. The van der Waals surface area contributed by atoms with Crippen LogP contribution in [0.1, 0.15) is 0 Å². The van der Waals surface area contributed by atoms with Crippen molar-refractivity contribution in [2.24, 2.45) is 0 Å². The monoisotopic (exact) mass is 333 g/mol. The Bertz CT molecular complexity index is 616. The van der Waals surface area contributed by atoms with Crippen LogP contribution in [0.15, 0.2) is 36.5 Å². The minimum Gasteiger partial charge on any atom is -0.379 e. The maximum Gasteiger partial charge on any atom is 0.224 e. The predicted octanol–water partition coefficient (Wildman–Crippen LogP) is 2.62. The highest BCUT2D eigenvalue weighted by Crippen LogP contribution is 2.17. The molecule has 23 heavy (non-hydrogen) atoms. The molecule has 1 fully saturated rings. The van der Waals surface area contributed by atoms with Gasteiger partial charge < -0.3 is 15.4 Å². The van der Waals surface area contributed by atoms with Gasteiger partial charge in [0.2, 0.25) is 5.95 Å². The number of rotatable bonds is 6. The highest BCUT2D eigenvalue weighted by molar-refractivity contribution is 6.30. The fraction of sp³-hybridized carbons (Fsp3) is 0.375. The zero-order chi connectivity index (χ0) is 15.9. The third-order valence-electron chi connectivity index (χ3n) is 3.59. The Labute approximate surface area is 140 Å². The van der Waals surface area contributed by atoms with E-state index in [0.29, 0.717) is 11.0 Å². The van der Waals surface area contributed by atoms with Crippen molar-refractivity contribution in [1.29, 1.82) is 0 Å². The van der Waals surface area contributed by atoms with E-state index < -0.39 is 0 Å². The molecule has 2 heterocycles. The van der Waals surface area contributed by atoms with Crippen LogP contribution in [-0.2, 0) is 4.74 Å². The molecule has 0 saturated carbocycles. The first-order chi connectivity index (χ1) is 11.3. The lowest BCUT2D eigenvalue weighted by molar-refractivity contribution is 0.0398. The van der Waals surface area contributed by atoms with E-state index in [1.165, 1.54) is 0 Å². The van der Waals surface area contributed by atoms with Gasteiger partial charge in [-0.15, -0.1) is 0 Å². The second-order valence-electron chi connectivity index (χ2n) is 5.28. The summed E-state index contributed by atoms with van der Waals surface area (Å²) in [7, 11) is 0. The maximum absolute atomic E-state index is 5.89. The molecule has 0 amide bonds. The number of ether oxygens (including phenoxy) is 1. The Balaban J connectivity index is 1.51. The molecule has 1 aromatic carbocycles. The number of aromatic nitrogens is 2. The molecule has 1 aliphatic heterocycles. The van der Waals surface area contributed by atoms with Crippen LogP contribution in [0.3, 0.4) is 0 Å². The number of halogens is 1. The fourth-order valence-electron chi connectivity index (χ4n) is 2.35. The van der Waals surface area contributed by atoms with E-state index >= 15 is 0 Å². The molecule has 2 aromatic rings. The Morgan fingerprint density at radius 1 is 1.13 bits per heavy atom. The van der Waals surface area contributed by atoms with Gasteiger partial charge >= 0.3 is 0 Å². The molecule has 6 nitrogen and oxygen atoms in total. The third kappa shape index (κ3) is 5.06. The van der Waals surface area contributed by atoms with Crippen LogP contribution >= 0.6 is 11.6 Å². The molecule has 0 atom stereocenters. The summed E-state index contributed by atoms with van der Waals surface area (Å²) < 4.78 is 5.34. The van der Waals surface area contributed by atoms with Gasteiger partial charge in [-0.25, -0.2) is 4.98 Å². The number of hydrogen-bond donors (Lipinski definition) is 2. The highest BCUT2D eigenvalue weighted by Gasteiger charge is 2.09. The SMILES string of the molecule is Clc1ccc(Nc2ccnc(NCCN3CCOCC3)n2)cc1. The molecule has 1 aliphatic rings. The van der Waals surface area contributed by atoms with Crippen LogP contribution in [-0.4, -0.2) is 54.3 Å². The lowest BCUT2D eigenvalue weighted by Crippen LogP contribution is -2.39. The van der Waals surface area contributed by atoms with Crippen molar-refractivity contribution >= 4 is 29.1 Å². The summed E-state index contributed by atoms with van der Waals surface area (Å²) >= 11 is 5.89. The van der Waals surface area contributed by atoms with Crippen molar-refractivity contribution in [1.82, 2.24) is 14.9 Å². The van der Waals surface area contributed by atoms with Gasteiger partial charge in [0, 0.05) is 43.1 Å². The standard InChI is InChI=1S/C16H20ClN5O/c17-13-1-3-14(4-2-13)20-15-5-6-18-16(21-15)19-7-8-22-9-11-23-12-10-22/h1-6H,7-12H2,(H2,18,19,20,21). The van der Waals surface area contributed by atoms with Gasteiger partial charge in [-0.2, -0.15) is 4.98 Å². The average molecular weight is 334 g/mol. The van der Waals surface area contributed by atoms with Crippen molar-refractivity contribution in [2.75, 3.05) is 50.0 Å². The topological polar surface area (TPSA) is 62.3 Å². The summed E-state index contributed by atoms with van der Waals surface area (Å²) in [6.45, 7) is 5.38. The number of anilines is 3. The number of hydrogen-bond acceptors (Lipinski definition) is 6. The van der Waals surface area contributed by atoms with Crippen LogP contribution in [0.4, 0.5) is 17.5 Å². The molecule has 2 N–H and O–H groups in total. The summed E-state index contributed by atoms with van der Waals surface area (Å²) in [4.78, 5) is 11.1. The molecule has 0 radical (unpaired) electrons. The third-order valence-corrected chi connectivity index (χ3v) is 3.84. The van der Waals surface area contributed by atoms with Gasteiger partial charge in [-0.05, 0) is 30.3 Å². The highest BCUT2D eigenvalue weighted by atomic mass is 35.5. The molecule has 0 bridgehead atoms. The molecule has 0 aliphatic carbocycles. The Kier molecular flexibility index (Phi) is 5.63. The molecular weight excluding hydrogens is 314 g/mol. The van der Waals surface area contributed by atoms with E-state index in [1.54, 1.807) is 6.20 Å². The maximum atomic E-state index is 5.89. The van der Waals surface area contributed by atoms with E-state index in [2.05, 4.69) is 25.5 Å². The van der Waals surface area contributed by atoms with Crippen LogP contribution in [0.2, 0.25) is 5.02 Å². The van der Waals surface area contributed by atoms with Gasteiger partial charge in [-0.3, -0.25) is 4.90 Å². The minimum absolute atomic E-state index is 0.622. The molecule has 0 unspecified atom stereocenters. The first kappa shape index (κ1) is 16.0. The van der Waals surface area contributed by atoms with Crippen LogP contribution in [0, 0.1) is 0 Å². The number of nitrogens with zero attached hydrogens (tertiary/aromatic N) is 3. The molecular formula is C16H20ClN5O. The van der Waals surface area contributed by atoms with Gasteiger partial charge in [0.25, 0.3) is 0 Å². The molecule has 122 valence electrons. The molecule has 1 aromatic heterocycles. The van der Waals surface area contributed by atoms with Crippen LogP contribution < -0.4 is 10.6 Å². The second-order valence-corrected chi connectivity index (χ2v) is 5.71. The van der Waals surface area contributed by atoms with Crippen molar-refractivity contribution in [3.8, 4) is 0 Å². The molecule has 3 rings (SSSR count). The minimum atomic E-state index is 0.622. The van der Waals surface area contributed by atoms with Crippen LogP contribution in [0.25, 0.3) is 0 Å². The largest absolute Gasteiger partial charge is 0.379 e. The number of nitrogens with one attached hydrogen (secondary N) is 2. The zero-order valence-corrected chi connectivity index (χ0v) is 13.6. The van der Waals surface area contributed by atoms with Crippen molar-refractivity contribution in [3.63, 3.8) is 0 Å². The van der Waals surface area contributed by atoms with Crippen molar-refractivity contribution < 1.29 is 4.74 Å². The van der Waals surface area contributed by atoms with Gasteiger partial charge in [0.1, 0.15) is 5.82 Å². The Morgan fingerprint density at radius 2 is 1.91 bits per heavy atom. The lowest BCUT2D eigenvalue weighted by atomic mass is 10.3. The summed E-state index contributed by atoms with van der Waals surface area (Å²) in [6.07, 6.45) is 1.74. The summed E-state index contributed by atoms with van der Waals surface area (Å²) in [5, 5.41) is 7.21. The van der Waals surface area contributed by atoms with Crippen molar-refractivity contribution in [2.45, 2.75) is 0 Å². The Morgan fingerprint density at radius 3 is 2.70 bits per heavy atom. The molecule has 1 saturated heterocycles. The smallest absolute Gasteiger partial charge is 0.224 e. The summed E-state index contributed by atoms with van der Waals surface area (Å²) in [6, 6.07) is 9.34. The van der Waals surface area contributed by atoms with Crippen molar-refractivity contribution in [3.05, 3.63) is 41.6 Å². The van der Waals surface area contributed by atoms with Gasteiger partial charge in [0.15, 0.2) is 0 Å². The molecule has 0 spiro atoms. The second kappa shape index (κ2) is 8.10. The zero-order valence-electron chi connectivity index (χ0n) is 12.8. The van der Waals surface area contributed by atoms with E-state index in [1.807, 2.05) is 30.3 Å².